The molecule has 0 aromatic rings. The van der Waals surface area contributed by atoms with Crippen LogP contribution in [0.4, 0.5) is 0 Å². The second-order valence-electron chi connectivity index (χ2n) is 23.0. The predicted molar refractivity (Wildman–Crippen MR) is 296 cm³/mol. The van der Waals surface area contributed by atoms with E-state index >= 15 is 0 Å². The summed E-state index contributed by atoms with van der Waals surface area (Å²) in [4.78, 5) is 22.4. The zero-order chi connectivity index (χ0) is 50.0. The normalized spacial score (nSPS) is 19.5. The van der Waals surface area contributed by atoms with Crippen LogP contribution in [0.15, 0.2) is 25.3 Å². The van der Waals surface area contributed by atoms with Crippen molar-refractivity contribution in [2.75, 3.05) is 39.5 Å². The van der Waals surface area contributed by atoms with Crippen LogP contribution in [0, 0.1) is 5.92 Å². The zero-order valence-corrected chi connectivity index (χ0v) is 49.6. The van der Waals surface area contributed by atoms with Gasteiger partial charge in [0.2, 0.25) is 0 Å². The van der Waals surface area contributed by atoms with Crippen molar-refractivity contribution in [3.05, 3.63) is 25.3 Å². The fraction of sp³-hybridized carbons (Fsp3) is 0.889. The lowest BCUT2D eigenvalue weighted by atomic mass is 9.84. The standard InChI is InChI=1S/C54H108N2O8Si4/c1-11-52(57)61-41-29-33-45-67(7,8)63-65(3,4)43-31-25-21-17-13-15-19-23-27-39-59-50-37-35-49(36-38-50)54-55-47-51(48-56-54)60-40-28-24-20-16-14-18-22-26-32-44-66(5,6)64-68(9,10)46-34-30-42-62-53(58)12-2/h11-12,49-51,54-56H,1-2,13-48H2,3-10H3. The van der Waals surface area contributed by atoms with Gasteiger partial charge in [-0.3, -0.25) is 10.6 Å². The Labute approximate surface area is 423 Å². The fourth-order valence-corrected chi connectivity index (χ4v) is 28.5. The summed E-state index contributed by atoms with van der Waals surface area (Å²) >= 11 is 0. The van der Waals surface area contributed by atoms with Crippen LogP contribution in [-0.2, 0) is 36.8 Å². The minimum Gasteiger partial charge on any atom is -0.463 e. The first-order chi connectivity index (χ1) is 32.4. The first-order valence-corrected chi connectivity index (χ1v) is 40.6. The number of esters is 2. The highest BCUT2D eigenvalue weighted by Gasteiger charge is 2.34. The Kier molecular flexibility index (Phi) is 34.3. The third-order valence-corrected chi connectivity index (χ3v) is 29.2. The summed E-state index contributed by atoms with van der Waals surface area (Å²) in [6.45, 7) is 30.6. The highest BCUT2D eigenvalue weighted by atomic mass is 28.4. The van der Waals surface area contributed by atoms with Gasteiger partial charge in [-0.15, -0.1) is 0 Å². The van der Waals surface area contributed by atoms with E-state index in [1.807, 2.05) is 0 Å². The maximum absolute atomic E-state index is 11.2. The molecule has 1 aliphatic heterocycles. The molecule has 1 saturated heterocycles. The van der Waals surface area contributed by atoms with Crippen LogP contribution in [0.25, 0.3) is 0 Å². The van der Waals surface area contributed by atoms with Crippen molar-refractivity contribution in [3.8, 4) is 0 Å². The van der Waals surface area contributed by atoms with Gasteiger partial charge in [-0.25, -0.2) is 9.59 Å². The molecule has 0 aromatic carbocycles. The topological polar surface area (TPSA) is 114 Å². The average Bonchev–Trinajstić information content (AvgIpc) is 3.28. The van der Waals surface area contributed by atoms with Crippen LogP contribution >= 0.6 is 0 Å². The summed E-state index contributed by atoms with van der Waals surface area (Å²) in [5.41, 5.74) is 0. The van der Waals surface area contributed by atoms with E-state index < -0.39 is 33.3 Å². The first kappa shape index (κ1) is 63.2. The van der Waals surface area contributed by atoms with Crippen molar-refractivity contribution in [3.63, 3.8) is 0 Å². The van der Waals surface area contributed by atoms with Crippen molar-refractivity contribution in [1.29, 1.82) is 0 Å². The van der Waals surface area contributed by atoms with Crippen LogP contribution in [0.3, 0.4) is 0 Å². The van der Waals surface area contributed by atoms with Gasteiger partial charge in [0.15, 0.2) is 33.3 Å². The zero-order valence-electron chi connectivity index (χ0n) is 45.6. The van der Waals surface area contributed by atoms with Crippen LogP contribution in [0.5, 0.6) is 0 Å². The van der Waals surface area contributed by atoms with Gasteiger partial charge in [0.05, 0.1) is 31.6 Å². The third-order valence-electron chi connectivity index (χ3n) is 14.1. The molecular weight excluding hydrogens is 917 g/mol. The van der Waals surface area contributed by atoms with Gasteiger partial charge in [0.1, 0.15) is 0 Å². The van der Waals surface area contributed by atoms with E-state index in [9.17, 15) is 9.59 Å². The van der Waals surface area contributed by atoms with Crippen molar-refractivity contribution < 1.29 is 36.8 Å². The van der Waals surface area contributed by atoms with Crippen molar-refractivity contribution in [1.82, 2.24) is 10.6 Å². The van der Waals surface area contributed by atoms with E-state index in [-0.39, 0.29) is 18.0 Å². The minimum atomic E-state index is -1.69. The number of hydrogen-bond donors (Lipinski definition) is 2. The van der Waals surface area contributed by atoms with Crippen LogP contribution in [0.1, 0.15) is 167 Å². The van der Waals surface area contributed by atoms with Crippen molar-refractivity contribution >= 4 is 45.2 Å². The van der Waals surface area contributed by atoms with E-state index in [0.717, 1.165) is 64.1 Å². The molecule has 2 fully saturated rings. The van der Waals surface area contributed by atoms with Crippen LogP contribution in [-0.4, -0.2) is 103 Å². The lowest BCUT2D eigenvalue weighted by Crippen LogP contribution is -2.59. The molecule has 1 saturated carbocycles. The SMILES string of the molecule is C=CC(=O)OCCCC[Si](C)(C)O[Si](C)(C)CCCCCCCCCCCOC1CCC(C2NCC(OCCCCCCCCCCC[Si](C)(C)O[Si](C)(C)CCCCOC(=O)C=C)CN2)CC1. The number of unbranched alkanes of at least 4 members (excludes halogenated alkanes) is 18. The molecule has 1 aliphatic carbocycles. The maximum Gasteiger partial charge on any atom is 0.330 e. The Bertz CT molecular complexity index is 1220. The Morgan fingerprint density at radius 2 is 0.721 bits per heavy atom. The summed E-state index contributed by atoms with van der Waals surface area (Å²) in [6.07, 6.45) is 36.2. The van der Waals surface area contributed by atoms with Gasteiger partial charge in [0, 0.05) is 38.5 Å². The number of carbonyl (C=O) groups excluding carboxylic acids is 2. The van der Waals surface area contributed by atoms with Crippen LogP contribution < -0.4 is 10.6 Å². The molecule has 0 amide bonds. The summed E-state index contributed by atoms with van der Waals surface area (Å²) < 4.78 is 36.5. The summed E-state index contributed by atoms with van der Waals surface area (Å²) in [5.74, 6) is 0.0407. The Morgan fingerprint density at radius 1 is 0.426 bits per heavy atom. The molecule has 0 unspecified atom stereocenters. The molecule has 0 aromatic heterocycles. The van der Waals surface area contributed by atoms with Gasteiger partial charge in [-0.1, -0.05) is 129 Å². The van der Waals surface area contributed by atoms with Crippen molar-refractivity contribution in [2.24, 2.45) is 5.92 Å². The quantitative estimate of drug-likeness (QED) is 0.0265. The molecule has 0 atom stereocenters. The number of hydrogen-bond acceptors (Lipinski definition) is 10. The van der Waals surface area contributed by atoms with Gasteiger partial charge >= 0.3 is 11.9 Å². The summed E-state index contributed by atoms with van der Waals surface area (Å²) in [5, 5.41) is 7.57. The number of nitrogens with one attached hydrogen (secondary N) is 2. The van der Waals surface area contributed by atoms with Gasteiger partial charge in [-0.2, -0.15) is 0 Å². The lowest BCUT2D eigenvalue weighted by Gasteiger charge is -2.39. The van der Waals surface area contributed by atoms with E-state index in [1.165, 1.54) is 165 Å². The fourth-order valence-electron chi connectivity index (χ4n) is 10.5. The van der Waals surface area contributed by atoms with E-state index in [4.69, 9.17) is 27.2 Å². The molecule has 0 bridgehead atoms. The Hall–Kier alpha value is -0.952. The van der Waals surface area contributed by atoms with Gasteiger partial charge < -0.3 is 27.2 Å². The predicted octanol–water partition coefficient (Wildman–Crippen LogP) is 14.4. The number of rotatable bonds is 43. The molecule has 2 N–H and O–H groups in total. The Morgan fingerprint density at radius 3 is 1.07 bits per heavy atom. The lowest BCUT2D eigenvalue weighted by molar-refractivity contribution is -0.138. The highest BCUT2D eigenvalue weighted by Crippen LogP contribution is 2.30. The molecular formula is C54H108N2O8Si4. The molecule has 1 heterocycles. The molecule has 0 radical (unpaired) electrons. The molecule has 0 spiro atoms. The maximum atomic E-state index is 11.2. The van der Waals surface area contributed by atoms with Gasteiger partial charge in [-0.05, 0) is 134 Å². The number of carbonyl (C=O) groups is 2. The molecule has 2 aliphatic rings. The molecule has 398 valence electrons. The third kappa shape index (κ3) is 33.7. The van der Waals surface area contributed by atoms with E-state index in [0.29, 0.717) is 31.4 Å². The van der Waals surface area contributed by atoms with E-state index in [1.54, 1.807) is 0 Å². The second-order valence-corrected chi connectivity index (χ2v) is 40.7. The highest BCUT2D eigenvalue weighted by molar-refractivity contribution is 6.85. The summed E-state index contributed by atoms with van der Waals surface area (Å²) in [7, 11) is -6.65. The van der Waals surface area contributed by atoms with Gasteiger partial charge in [0.25, 0.3) is 0 Å². The smallest absolute Gasteiger partial charge is 0.330 e. The molecule has 68 heavy (non-hydrogen) atoms. The number of ether oxygens (including phenoxy) is 4. The monoisotopic (exact) mass is 1020 g/mol. The Balaban J connectivity index is 1.35. The largest absolute Gasteiger partial charge is 0.463 e. The molecule has 14 heteroatoms. The van der Waals surface area contributed by atoms with Crippen LogP contribution in [0.2, 0.25) is 76.6 Å². The van der Waals surface area contributed by atoms with E-state index in [2.05, 4.69) is 76.2 Å². The molecule has 10 nitrogen and oxygen atoms in total. The minimum absolute atomic E-state index is 0.287. The first-order valence-electron chi connectivity index (χ1n) is 28.1. The summed E-state index contributed by atoms with van der Waals surface area (Å²) in [6, 6.07) is 4.78. The average molecular weight is 1030 g/mol. The molecule has 2 rings (SSSR count). The second kappa shape index (κ2) is 36.9. The van der Waals surface area contributed by atoms with Crippen molar-refractivity contribution in [2.45, 2.75) is 262 Å².